The molecule has 14 heavy (non-hydrogen) atoms. The van der Waals surface area contributed by atoms with Crippen molar-refractivity contribution in [3.05, 3.63) is 33.8 Å². The van der Waals surface area contributed by atoms with Crippen LogP contribution in [0.5, 0.6) is 0 Å². The third-order valence-electron chi connectivity index (χ3n) is 1.82. The number of hydrogen-bond acceptors (Lipinski definition) is 1. The fraction of sp³-hybridized carbons (Fsp3) is 0.333. The number of rotatable bonds is 1. The van der Waals surface area contributed by atoms with Gasteiger partial charge in [0.2, 0.25) is 0 Å². The fourth-order valence-electron chi connectivity index (χ4n) is 1.07. The minimum absolute atomic E-state index is 0.286. The van der Waals surface area contributed by atoms with E-state index < -0.39 is 11.7 Å². The summed E-state index contributed by atoms with van der Waals surface area (Å²) in [5.74, 6) is 0. The van der Waals surface area contributed by atoms with Gasteiger partial charge in [-0.2, -0.15) is 13.2 Å². The first-order valence-corrected chi connectivity index (χ1v) is 4.74. The van der Waals surface area contributed by atoms with Crippen molar-refractivity contribution in [3.8, 4) is 0 Å². The van der Waals surface area contributed by atoms with Crippen molar-refractivity contribution in [1.29, 1.82) is 0 Å². The molecule has 0 fully saturated rings. The molecule has 1 aromatic carbocycles. The van der Waals surface area contributed by atoms with Gasteiger partial charge in [-0.25, -0.2) is 0 Å². The highest BCUT2D eigenvalue weighted by Crippen LogP contribution is 2.33. The molecule has 0 aliphatic rings. The van der Waals surface area contributed by atoms with E-state index in [4.69, 9.17) is 5.73 Å². The molecule has 0 amide bonds. The highest BCUT2D eigenvalue weighted by molar-refractivity contribution is 9.10. The van der Waals surface area contributed by atoms with Gasteiger partial charge in [-0.05, 0) is 24.6 Å². The SMILES string of the molecule is C[C@@H](N)c1ccc(C(F)(F)F)cc1Br. The van der Waals surface area contributed by atoms with Crippen LogP contribution in [0.2, 0.25) is 0 Å². The van der Waals surface area contributed by atoms with Crippen LogP contribution in [0, 0.1) is 0 Å². The Kier molecular flexibility index (Phi) is 3.21. The highest BCUT2D eigenvalue weighted by Gasteiger charge is 2.30. The molecule has 0 saturated heterocycles. The third kappa shape index (κ3) is 2.48. The number of alkyl halides is 3. The highest BCUT2D eigenvalue weighted by atomic mass is 79.9. The van der Waals surface area contributed by atoms with Gasteiger partial charge >= 0.3 is 6.18 Å². The zero-order valence-electron chi connectivity index (χ0n) is 7.40. The predicted octanol–water partition coefficient (Wildman–Crippen LogP) is 3.49. The van der Waals surface area contributed by atoms with E-state index in [1.54, 1.807) is 6.92 Å². The Balaban J connectivity index is 3.13. The van der Waals surface area contributed by atoms with Gasteiger partial charge in [0.15, 0.2) is 0 Å². The zero-order valence-corrected chi connectivity index (χ0v) is 8.98. The molecule has 5 heteroatoms. The van der Waals surface area contributed by atoms with Crippen molar-refractivity contribution in [2.24, 2.45) is 5.73 Å². The van der Waals surface area contributed by atoms with E-state index in [2.05, 4.69) is 15.9 Å². The molecular formula is C9H9BrF3N. The summed E-state index contributed by atoms with van der Waals surface area (Å²) in [5, 5.41) is 0. The second kappa shape index (κ2) is 3.90. The first-order chi connectivity index (χ1) is 6.32. The molecule has 78 valence electrons. The van der Waals surface area contributed by atoms with Crippen molar-refractivity contribution in [1.82, 2.24) is 0 Å². The molecule has 0 spiro atoms. The molecule has 1 atom stereocenters. The minimum atomic E-state index is -4.31. The molecule has 1 rings (SSSR count). The lowest BCUT2D eigenvalue weighted by Crippen LogP contribution is -2.09. The second-order valence-corrected chi connectivity index (χ2v) is 3.88. The van der Waals surface area contributed by atoms with Gasteiger partial charge < -0.3 is 5.73 Å². The van der Waals surface area contributed by atoms with Crippen LogP contribution < -0.4 is 5.73 Å². The summed E-state index contributed by atoms with van der Waals surface area (Å²) in [6.45, 7) is 1.72. The van der Waals surface area contributed by atoms with Gasteiger partial charge in [0.05, 0.1) is 5.56 Å². The van der Waals surface area contributed by atoms with E-state index in [1.165, 1.54) is 6.07 Å². The van der Waals surface area contributed by atoms with Crippen LogP contribution in [0.25, 0.3) is 0 Å². The van der Waals surface area contributed by atoms with Gasteiger partial charge in [0.1, 0.15) is 0 Å². The summed E-state index contributed by atoms with van der Waals surface area (Å²) >= 11 is 3.06. The molecular weight excluding hydrogens is 259 g/mol. The van der Waals surface area contributed by atoms with Crippen LogP contribution in [0.15, 0.2) is 22.7 Å². The van der Waals surface area contributed by atoms with Crippen molar-refractivity contribution in [2.75, 3.05) is 0 Å². The molecule has 0 aliphatic heterocycles. The summed E-state index contributed by atoms with van der Waals surface area (Å²) in [7, 11) is 0. The summed E-state index contributed by atoms with van der Waals surface area (Å²) in [4.78, 5) is 0. The Morgan fingerprint density at radius 1 is 1.36 bits per heavy atom. The summed E-state index contributed by atoms with van der Waals surface area (Å²) in [6.07, 6.45) is -4.31. The van der Waals surface area contributed by atoms with Crippen molar-refractivity contribution >= 4 is 15.9 Å². The van der Waals surface area contributed by atoms with Crippen LogP contribution >= 0.6 is 15.9 Å². The Morgan fingerprint density at radius 2 is 1.93 bits per heavy atom. The Labute approximate surface area is 88.2 Å². The number of benzene rings is 1. The maximum Gasteiger partial charge on any atom is 0.416 e. The average molecular weight is 268 g/mol. The van der Waals surface area contributed by atoms with E-state index in [1.807, 2.05) is 0 Å². The predicted molar refractivity (Wildman–Crippen MR) is 51.7 cm³/mol. The number of nitrogens with two attached hydrogens (primary N) is 1. The van der Waals surface area contributed by atoms with Crippen LogP contribution in [-0.4, -0.2) is 0 Å². The van der Waals surface area contributed by atoms with Gasteiger partial charge in [-0.3, -0.25) is 0 Å². The second-order valence-electron chi connectivity index (χ2n) is 3.02. The lowest BCUT2D eigenvalue weighted by atomic mass is 10.1. The van der Waals surface area contributed by atoms with Crippen molar-refractivity contribution in [3.63, 3.8) is 0 Å². The van der Waals surface area contributed by atoms with Crippen LogP contribution in [0.4, 0.5) is 13.2 Å². The lowest BCUT2D eigenvalue weighted by Gasteiger charge is -2.12. The normalized spacial score (nSPS) is 14.1. The molecule has 0 aliphatic carbocycles. The first kappa shape index (κ1) is 11.5. The van der Waals surface area contributed by atoms with Gasteiger partial charge in [-0.15, -0.1) is 0 Å². The van der Waals surface area contributed by atoms with Crippen LogP contribution in [0.3, 0.4) is 0 Å². The molecule has 1 aromatic rings. The fourth-order valence-corrected chi connectivity index (χ4v) is 1.81. The van der Waals surface area contributed by atoms with E-state index in [9.17, 15) is 13.2 Å². The van der Waals surface area contributed by atoms with Crippen LogP contribution in [0.1, 0.15) is 24.1 Å². The van der Waals surface area contributed by atoms with Crippen LogP contribution in [-0.2, 0) is 6.18 Å². The maximum atomic E-state index is 12.2. The summed E-state index contributed by atoms with van der Waals surface area (Å²) < 4.78 is 37.1. The Bertz CT molecular complexity index is 333. The average Bonchev–Trinajstić information content (AvgIpc) is 2.01. The molecule has 0 radical (unpaired) electrons. The molecule has 0 unspecified atom stereocenters. The molecule has 1 nitrogen and oxygen atoms in total. The molecule has 0 heterocycles. The van der Waals surface area contributed by atoms with Gasteiger partial charge in [-0.1, -0.05) is 22.0 Å². The molecule has 0 saturated carbocycles. The molecule has 0 bridgehead atoms. The first-order valence-electron chi connectivity index (χ1n) is 3.94. The van der Waals surface area contributed by atoms with Crippen molar-refractivity contribution < 1.29 is 13.2 Å². The summed E-state index contributed by atoms with van der Waals surface area (Å²) in [5.41, 5.74) is 5.55. The minimum Gasteiger partial charge on any atom is -0.324 e. The van der Waals surface area contributed by atoms with Gasteiger partial charge in [0.25, 0.3) is 0 Å². The topological polar surface area (TPSA) is 26.0 Å². The summed E-state index contributed by atoms with van der Waals surface area (Å²) in [6, 6.07) is 3.17. The third-order valence-corrected chi connectivity index (χ3v) is 2.51. The zero-order chi connectivity index (χ0) is 10.9. The van der Waals surface area contributed by atoms with Gasteiger partial charge in [0, 0.05) is 10.5 Å². The number of hydrogen-bond donors (Lipinski definition) is 1. The lowest BCUT2D eigenvalue weighted by molar-refractivity contribution is -0.137. The largest absolute Gasteiger partial charge is 0.416 e. The Hall–Kier alpha value is -0.550. The quantitative estimate of drug-likeness (QED) is 0.828. The van der Waals surface area contributed by atoms with E-state index >= 15 is 0 Å². The smallest absolute Gasteiger partial charge is 0.324 e. The number of halogens is 4. The standard InChI is InChI=1S/C9H9BrF3N/c1-5(14)7-3-2-6(4-8(7)10)9(11,12)13/h2-5H,14H2,1H3/t5-/m1/s1. The molecule has 2 N–H and O–H groups in total. The Morgan fingerprint density at radius 3 is 2.29 bits per heavy atom. The monoisotopic (exact) mass is 267 g/mol. The maximum absolute atomic E-state index is 12.2. The van der Waals surface area contributed by atoms with E-state index in [-0.39, 0.29) is 6.04 Å². The van der Waals surface area contributed by atoms with E-state index in [0.29, 0.717) is 10.0 Å². The van der Waals surface area contributed by atoms with E-state index in [0.717, 1.165) is 12.1 Å². The van der Waals surface area contributed by atoms with Crippen molar-refractivity contribution in [2.45, 2.75) is 19.1 Å². The molecule has 0 aromatic heterocycles.